The summed E-state index contributed by atoms with van der Waals surface area (Å²) in [6.45, 7) is 6.95. The van der Waals surface area contributed by atoms with Gasteiger partial charge in [0.25, 0.3) is 5.91 Å². The molecule has 2 aliphatic rings. The largest absolute Gasteiger partial charge is 0.494 e. The van der Waals surface area contributed by atoms with Gasteiger partial charge in [0.15, 0.2) is 0 Å². The van der Waals surface area contributed by atoms with Gasteiger partial charge in [-0.3, -0.25) is 14.5 Å². The molecule has 3 heterocycles. The maximum atomic E-state index is 13.3. The second-order valence-corrected chi connectivity index (χ2v) is 10.9. The van der Waals surface area contributed by atoms with Gasteiger partial charge >= 0.3 is 0 Å². The molecule has 2 aliphatic heterocycles. The van der Waals surface area contributed by atoms with Crippen LogP contribution in [0.3, 0.4) is 0 Å². The van der Waals surface area contributed by atoms with E-state index < -0.39 is 0 Å². The standard InChI is InChI=1S/C29H34N4O5S/c1-4-36-23-11-21-12-24(13-23)38-22-7-5-6-20(10-22)17-37-26-8-9-33(15-27-19(2)30-18-39-27)14-25(26)31-28(34)16-32(3)29(21)35/h5-7,10-13,18,25-26H,4,8-9,14-17H2,1-3H3,(H,31,34)/t25-,26+/m0/s1. The van der Waals surface area contributed by atoms with Crippen LogP contribution in [-0.4, -0.2) is 72.0 Å². The lowest BCUT2D eigenvalue weighted by Crippen LogP contribution is -2.57. The Bertz CT molecular complexity index is 1330. The number of hydrogen-bond donors (Lipinski definition) is 1. The van der Waals surface area contributed by atoms with Crippen molar-refractivity contribution < 1.29 is 23.8 Å². The minimum atomic E-state index is -0.295. The van der Waals surface area contributed by atoms with E-state index in [0.717, 1.165) is 30.8 Å². The molecule has 0 aliphatic carbocycles. The van der Waals surface area contributed by atoms with Gasteiger partial charge in [-0.25, -0.2) is 4.98 Å². The Morgan fingerprint density at radius 2 is 2.05 bits per heavy atom. The number of amides is 2. The van der Waals surface area contributed by atoms with Crippen molar-refractivity contribution in [3.05, 3.63) is 69.7 Å². The molecule has 0 radical (unpaired) electrons. The third-order valence-corrected chi connectivity index (χ3v) is 7.88. The molecule has 1 fully saturated rings. The number of carbonyl (C=O) groups excluding carboxylic acids is 2. The van der Waals surface area contributed by atoms with Gasteiger partial charge in [-0.15, -0.1) is 11.3 Å². The van der Waals surface area contributed by atoms with Gasteiger partial charge in [-0.1, -0.05) is 12.1 Å². The van der Waals surface area contributed by atoms with E-state index in [2.05, 4.69) is 15.2 Å². The van der Waals surface area contributed by atoms with E-state index in [0.29, 0.717) is 42.6 Å². The first-order valence-electron chi connectivity index (χ1n) is 13.2. The van der Waals surface area contributed by atoms with E-state index in [-0.39, 0.29) is 30.5 Å². The van der Waals surface area contributed by atoms with Crippen molar-refractivity contribution in [3.8, 4) is 17.2 Å². The van der Waals surface area contributed by atoms with Gasteiger partial charge < -0.3 is 24.4 Å². The quantitative estimate of drug-likeness (QED) is 0.525. The van der Waals surface area contributed by atoms with Crippen LogP contribution in [0, 0.1) is 6.92 Å². The van der Waals surface area contributed by atoms with Crippen molar-refractivity contribution >= 4 is 23.2 Å². The number of piperidine rings is 1. The Kier molecular flexibility index (Phi) is 8.44. The van der Waals surface area contributed by atoms with Gasteiger partial charge in [0.1, 0.15) is 17.2 Å². The first-order valence-corrected chi connectivity index (χ1v) is 14.1. The SMILES string of the molecule is CCOc1cc2cc(c1)C(=O)N(C)CC(=O)N[C@H]1CN(Cc3scnc3C)CC[C@H]1OCc1cccc(c1)O2. The molecule has 0 unspecified atom stereocenters. The monoisotopic (exact) mass is 550 g/mol. The van der Waals surface area contributed by atoms with Crippen LogP contribution in [0.15, 0.2) is 48.0 Å². The average Bonchev–Trinajstić information content (AvgIpc) is 3.31. The van der Waals surface area contributed by atoms with Crippen LogP contribution in [-0.2, 0) is 22.7 Å². The Morgan fingerprint density at radius 1 is 1.18 bits per heavy atom. The molecule has 1 N–H and O–H groups in total. The number of nitrogens with zero attached hydrogens (tertiary/aromatic N) is 3. The summed E-state index contributed by atoms with van der Waals surface area (Å²) in [5.41, 5.74) is 4.26. The second kappa shape index (κ2) is 12.1. The molecule has 3 aromatic rings. The summed E-state index contributed by atoms with van der Waals surface area (Å²) >= 11 is 1.65. The fourth-order valence-corrected chi connectivity index (χ4v) is 5.78. The summed E-state index contributed by atoms with van der Waals surface area (Å²) in [5, 5.41) is 3.16. The molecule has 0 saturated carbocycles. The molecular formula is C29H34N4O5S. The number of aryl methyl sites for hydroxylation is 1. The molecular weight excluding hydrogens is 516 g/mol. The normalized spacial score (nSPS) is 20.6. The first-order chi connectivity index (χ1) is 18.9. The maximum absolute atomic E-state index is 13.3. The van der Waals surface area contributed by atoms with Crippen LogP contribution in [0.4, 0.5) is 0 Å². The van der Waals surface area contributed by atoms with E-state index in [1.54, 1.807) is 36.6 Å². The lowest BCUT2D eigenvalue weighted by molar-refractivity contribution is -0.124. The number of likely N-dealkylation sites (N-methyl/N-ethyl adjacent to an activating group) is 1. The van der Waals surface area contributed by atoms with Crippen LogP contribution in [0.1, 0.15) is 39.8 Å². The van der Waals surface area contributed by atoms with Crippen molar-refractivity contribution in [1.29, 1.82) is 0 Å². The summed E-state index contributed by atoms with van der Waals surface area (Å²) in [6, 6.07) is 12.6. The molecule has 0 spiro atoms. The van der Waals surface area contributed by atoms with Crippen LogP contribution in [0.5, 0.6) is 17.2 Å². The van der Waals surface area contributed by atoms with E-state index in [4.69, 9.17) is 14.2 Å². The average molecular weight is 551 g/mol. The van der Waals surface area contributed by atoms with Gasteiger partial charge in [0.2, 0.25) is 5.91 Å². The van der Waals surface area contributed by atoms with Crippen LogP contribution < -0.4 is 14.8 Å². The maximum Gasteiger partial charge on any atom is 0.254 e. The minimum absolute atomic E-state index is 0.0793. The van der Waals surface area contributed by atoms with E-state index in [1.807, 2.05) is 43.6 Å². The zero-order valence-electron chi connectivity index (χ0n) is 22.5. The molecule has 206 valence electrons. The summed E-state index contributed by atoms with van der Waals surface area (Å²) < 4.78 is 18.2. The molecule has 2 aromatic carbocycles. The zero-order valence-corrected chi connectivity index (χ0v) is 23.3. The number of nitrogens with one attached hydrogen (secondary N) is 1. The molecule has 1 aromatic heterocycles. The van der Waals surface area contributed by atoms with Crippen molar-refractivity contribution in [3.63, 3.8) is 0 Å². The van der Waals surface area contributed by atoms with Crippen molar-refractivity contribution in [2.45, 2.75) is 45.6 Å². The van der Waals surface area contributed by atoms with Gasteiger partial charge in [-0.05, 0) is 50.1 Å². The molecule has 9 nitrogen and oxygen atoms in total. The summed E-state index contributed by atoms with van der Waals surface area (Å²) in [5.74, 6) is 1.13. The fourth-order valence-electron chi connectivity index (χ4n) is 4.96. The zero-order chi connectivity index (χ0) is 27.4. The summed E-state index contributed by atoms with van der Waals surface area (Å²) in [6.07, 6.45) is 0.617. The Labute approximate surface area is 232 Å². The third-order valence-electron chi connectivity index (χ3n) is 6.96. The number of ether oxygens (including phenoxy) is 3. The van der Waals surface area contributed by atoms with Gasteiger partial charge in [0, 0.05) is 43.2 Å². The fraction of sp³-hybridized carbons (Fsp3) is 0.414. The highest BCUT2D eigenvalue weighted by Crippen LogP contribution is 2.29. The molecule has 1 saturated heterocycles. The molecule has 5 rings (SSSR count). The van der Waals surface area contributed by atoms with Crippen LogP contribution in [0.2, 0.25) is 0 Å². The highest BCUT2D eigenvalue weighted by atomic mass is 32.1. The smallest absolute Gasteiger partial charge is 0.254 e. The van der Waals surface area contributed by atoms with E-state index >= 15 is 0 Å². The number of rotatable bonds is 4. The second-order valence-electron chi connectivity index (χ2n) is 9.94. The molecule has 10 heteroatoms. The summed E-state index contributed by atoms with van der Waals surface area (Å²) in [4.78, 5) is 35.8. The van der Waals surface area contributed by atoms with E-state index in [1.165, 1.54) is 9.78 Å². The highest BCUT2D eigenvalue weighted by molar-refractivity contribution is 7.09. The number of aromatic nitrogens is 1. The molecule has 2 amide bonds. The Hall–Kier alpha value is -3.47. The van der Waals surface area contributed by atoms with Crippen molar-refractivity contribution in [2.24, 2.45) is 0 Å². The molecule has 39 heavy (non-hydrogen) atoms. The van der Waals surface area contributed by atoms with E-state index in [9.17, 15) is 9.59 Å². The predicted molar refractivity (Wildman–Crippen MR) is 148 cm³/mol. The third kappa shape index (κ3) is 6.76. The Morgan fingerprint density at radius 3 is 2.85 bits per heavy atom. The highest BCUT2D eigenvalue weighted by Gasteiger charge is 2.32. The first kappa shape index (κ1) is 27.1. The number of benzene rings is 2. The molecule has 2 atom stereocenters. The number of thiazole rings is 1. The minimum Gasteiger partial charge on any atom is -0.494 e. The number of carbonyl (C=O) groups is 2. The van der Waals surface area contributed by atoms with Crippen molar-refractivity contribution in [1.82, 2.24) is 20.1 Å². The lowest BCUT2D eigenvalue weighted by Gasteiger charge is -2.39. The number of likely N-dealkylation sites (tertiary alicyclic amines) is 1. The van der Waals surface area contributed by atoms with Crippen molar-refractivity contribution in [2.75, 3.05) is 33.3 Å². The van der Waals surface area contributed by atoms with Gasteiger partial charge in [0.05, 0.1) is 43.1 Å². The van der Waals surface area contributed by atoms with Crippen LogP contribution in [0.25, 0.3) is 0 Å². The predicted octanol–water partition coefficient (Wildman–Crippen LogP) is 4.00. The number of hydrogen-bond acceptors (Lipinski definition) is 8. The lowest BCUT2D eigenvalue weighted by atomic mass is 10.0. The van der Waals surface area contributed by atoms with Gasteiger partial charge in [-0.2, -0.15) is 0 Å². The summed E-state index contributed by atoms with van der Waals surface area (Å²) in [7, 11) is 1.62. The van der Waals surface area contributed by atoms with Crippen LogP contribution >= 0.6 is 11.3 Å². The topological polar surface area (TPSA) is 93.2 Å². The Balaban J connectivity index is 1.41. The molecule has 4 bridgehead atoms. The number of fused-ring (bicyclic) bond motifs is 5.